The fraction of sp³-hybridized carbons (Fsp3) is 0.353. The normalized spacial score (nSPS) is 12.0. The van der Waals surface area contributed by atoms with E-state index in [4.69, 9.17) is 0 Å². The average molecular weight is 315 g/mol. The monoisotopic (exact) mass is 315 g/mol. The van der Waals surface area contributed by atoms with Gasteiger partial charge in [0.15, 0.2) is 0 Å². The van der Waals surface area contributed by atoms with E-state index in [0.29, 0.717) is 0 Å². The number of amides is 1. The molecule has 4 nitrogen and oxygen atoms in total. The van der Waals surface area contributed by atoms with Crippen LogP contribution in [0.15, 0.2) is 35.6 Å². The van der Waals surface area contributed by atoms with Crippen molar-refractivity contribution in [3.8, 4) is 0 Å². The number of benzene rings is 1. The molecule has 116 valence electrons. The van der Waals surface area contributed by atoms with Gasteiger partial charge < -0.3 is 5.32 Å². The molecule has 1 aromatic carbocycles. The molecule has 0 fully saturated rings. The lowest BCUT2D eigenvalue weighted by atomic mass is 10.1. The Labute approximate surface area is 135 Å². The van der Waals surface area contributed by atoms with Crippen molar-refractivity contribution in [2.24, 2.45) is 0 Å². The molecule has 1 atom stereocenters. The Hall–Kier alpha value is -1.88. The summed E-state index contributed by atoms with van der Waals surface area (Å²) in [5.41, 5.74) is 4.13. The number of hydrogen-bond acceptors (Lipinski definition) is 4. The van der Waals surface area contributed by atoms with Gasteiger partial charge in [0.1, 0.15) is 11.4 Å². The van der Waals surface area contributed by atoms with Crippen molar-refractivity contribution in [2.45, 2.75) is 44.4 Å². The number of aryl methyl sites for hydroxylation is 3. The highest BCUT2D eigenvalue weighted by atomic mass is 32.2. The molecule has 1 N–H and O–H groups in total. The maximum Gasteiger partial charge on any atom is 0.237 e. The predicted molar refractivity (Wildman–Crippen MR) is 91.3 cm³/mol. The minimum Gasteiger partial charge on any atom is -0.325 e. The maximum absolute atomic E-state index is 12.5. The molecule has 1 heterocycles. The summed E-state index contributed by atoms with van der Waals surface area (Å²) in [6.07, 6.45) is 2.27. The van der Waals surface area contributed by atoms with E-state index in [0.717, 1.165) is 22.8 Å². The first-order valence-electron chi connectivity index (χ1n) is 7.33. The third kappa shape index (κ3) is 4.31. The molecule has 5 heteroatoms. The Bertz CT molecular complexity index is 673. The SMILES string of the molecule is CC[C@H](Sc1cc(C)ncn1)C(=O)Nc1ccc(C)c(C)c1. The van der Waals surface area contributed by atoms with Crippen molar-refractivity contribution >= 4 is 23.4 Å². The summed E-state index contributed by atoms with van der Waals surface area (Å²) in [5, 5.41) is 3.65. The number of aromatic nitrogens is 2. The molecule has 1 amide bonds. The summed E-state index contributed by atoms with van der Waals surface area (Å²) in [5.74, 6) is 0.00650. The van der Waals surface area contributed by atoms with Gasteiger partial charge in [-0.05, 0) is 56.5 Å². The first-order valence-corrected chi connectivity index (χ1v) is 8.21. The van der Waals surface area contributed by atoms with E-state index in [1.807, 2.05) is 45.0 Å². The van der Waals surface area contributed by atoms with Crippen molar-refractivity contribution < 1.29 is 4.79 Å². The number of nitrogens with one attached hydrogen (secondary N) is 1. The molecule has 0 unspecified atom stereocenters. The van der Waals surface area contributed by atoms with Crippen LogP contribution >= 0.6 is 11.8 Å². The molecule has 1 aromatic heterocycles. The van der Waals surface area contributed by atoms with E-state index in [9.17, 15) is 4.79 Å². The van der Waals surface area contributed by atoms with Crippen molar-refractivity contribution in [2.75, 3.05) is 5.32 Å². The summed E-state index contributed by atoms with van der Waals surface area (Å²) in [7, 11) is 0. The Balaban J connectivity index is 2.06. The second-order valence-corrected chi connectivity index (χ2v) is 6.52. The zero-order valence-electron chi connectivity index (χ0n) is 13.4. The molecule has 0 bridgehead atoms. The van der Waals surface area contributed by atoms with E-state index < -0.39 is 0 Å². The van der Waals surface area contributed by atoms with Crippen molar-refractivity contribution in [1.82, 2.24) is 9.97 Å². The molecular formula is C17H21N3OS. The standard InChI is InChI=1S/C17H21N3OS/c1-5-15(22-16-9-13(4)18-10-19-16)17(21)20-14-7-6-11(2)12(3)8-14/h6-10,15H,5H2,1-4H3,(H,20,21)/t15-/m0/s1. The van der Waals surface area contributed by atoms with Gasteiger partial charge in [-0.15, -0.1) is 0 Å². The van der Waals surface area contributed by atoms with Gasteiger partial charge in [0.2, 0.25) is 5.91 Å². The van der Waals surface area contributed by atoms with Crippen LogP contribution in [-0.4, -0.2) is 21.1 Å². The number of hydrogen-bond donors (Lipinski definition) is 1. The lowest BCUT2D eigenvalue weighted by Gasteiger charge is -2.15. The zero-order chi connectivity index (χ0) is 16.1. The molecule has 0 spiro atoms. The second kappa shape index (κ2) is 7.40. The highest BCUT2D eigenvalue weighted by Gasteiger charge is 2.19. The van der Waals surface area contributed by atoms with E-state index >= 15 is 0 Å². The zero-order valence-corrected chi connectivity index (χ0v) is 14.2. The van der Waals surface area contributed by atoms with Crippen LogP contribution in [0.3, 0.4) is 0 Å². The van der Waals surface area contributed by atoms with Crippen LogP contribution in [0, 0.1) is 20.8 Å². The lowest BCUT2D eigenvalue weighted by Crippen LogP contribution is -2.24. The average Bonchev–Trinajstić information content (AvgIpc) is 2.48. The van der Waals surface area contributed by atoms with Gasteiger partial charge in [-0.25, -0.2) is 9.97 Å². The van der Waals surface area contributed by atoms with E-state index in [-0.39, 0.29) is 11.2 Å². The summed E-state index contributed by atoms with van der Waals surface area (Å²) < 4.78 is 0. The van der Waals surface area contributed by atoms with Crippen LogP contribution in [0.1, 0.15) is 30.2 Å². The van der Waals surface area contributed by atoms with E-state index in [2.05, 4.69) is 22.2 Å². The van der Waals surface area contributed by atoms with Crippen LogP contribution in [0.25, 0.3) is 0 Å². The number of thioether (sulfide) groups is 1. The van der Waals surface area contributed by atoms with Crippen LogP contribution in [-0.2, 0) is 4.79 Å². The molecule has 22 heavy (non-hydrogen) atoms. The minimum absolute atomic E-state index is 0.00650. The third-order valence-corrected chi connectivity index (χ3v) is 4.78. The number of carbonyl (C=O) groups is 1. The molecule has 2 rings (SSSR count). The van der Waals surface area contributed by atoms with Crippen molar-refractivity contribution in [1.29, 1.82) is 0 Å². The van der Waals surface area contributed by atoms with Gasteiger partial charge in [-0.1, -0.05) is 24.8 Å². The summed E-state index contributed by atoms with van der Waals surface area (Å²) >= 11 is 1.47. The van der Waals surface area contributed by atoms with Gasteiger partial charge in [-0.2, -0.15) is 0 Å². The van der Waals surface area contributed by atoms with Crippen LogP contribution in [0.4, 0.5) is 5.69 Å². The summed E-state index contributed by atoms with van der Waals surface area (Å²) in [6.45, 7) is 8.03. The molecule has 0 aliphatic carbocycles. The Morgan fingerprint density at radius 3 is 2.59 bits per heavy atom. The molecular weight excluding hydrogens is 294 g/mol. The largest absolute Gasteiger partial charge is 0.325 e. The summed E-state index contributed by atoms with van der Waals surface area (Å²) in [4.78, 5) is 20.7. The molecule has 0 saturated carbocycles. The first kappa shape index (κ1) is 16.5. The highest BCUT2D eigenvalue weighted by Crippen LogP contribution is 2.25. The molecule has 0 radical (unpaired) electrons. The highest BCUT2D eigenvalue weighted by molar-refractivity contribution is 8.00. The first-order chi connectivity index (χ1) is 10.5. The lowest BCUT2D eigenvalue weighted by molar-refractivity contribution is -0.115. The fourth-order valence-corrected chi connectivity index (χ4v) is 2.98. The van der Waals surface area contributed by atoms with Gasteiger partial charge in [-0.3, -0.25) is 4.79 Å². The number of nitrogens with zero attached hydrogens (tertiary/aromatic N) is 2. The van der Waals surface area contributed by atoms with Crippen LogP contribution in [0.2, 0.25) is 0 Å². The third-order valence-electron chi connectivity index (χ3n) is 3.48. The molecule has 0 aliphatic heterocycles. The number of rotatable bonds is 5. The summed E-state index contributed by atoms with van der Waals surface area (Å²) in [6, 6.07) is 7.86. The van der Waals surface area contributed by atoms with Gasteiger partial charge in [0, 0.05) is 11.4 Å². The smallest absolute Gasteiger partial charge is 0.237 e. The number of anilines is 1. The van der Waals surface area contributed by atoms with Gasteiger partial charge in [0.05, 0.1) is 5.25 Å². The Morgan fingerprint density at radius 1 is 1.18 bits per heavy atom. The molecule has 2 aromatic rings. The fourth-order valence-electron chi connectivity index (χ4n) is 2.00. The quantitative estimate of drug-likeness (QED) is 0.671. The molecule has 0 saturated heterocycles. The second-order valence-electron chi connectivity index (χ2n) is 5.30. The van der Waals surface area contributed by atoms with Crippen molar-refractivity contribution in [3.63, 3.8) is 0 Å². The Morgan fingerprint density at radius 2 is 1.95 bits per heavy atom. The molecule has 0 aliphatic rings. The topological polar surface area (TPSA) is 54.9 Å². The van der Waals surface area contributed by atoms with Crippen LogP contribution < -0.4 is 5.32 Å². The van der Waals surface area contributed by atoms with Gasteiger partial charge in [0.25, 0.3) is 0 Å². The minimum atomic E-state index is -0.170. The predicted octanol–water partition coefficient (Wildman–Crippen LogP) is 3.91. The van der Waals surface area contributed by atoms with E-state index in [1.54, 1.807) is 0 Å². The van der Waals surface area contributed by atoms with Gasteiger partial charge >= 0.3 is 0 Å². The number of carbonyl (C=O) groups excluding carboxylic acids is 1. The van der Waals surface area contributed by atoms with Crippen molar-refractivity contribution in [3.05, 3.63) is 47.4 Å². The van der Waals surface area contributed by atoms with E-state index in [1.165, 1.54) is 29.2 Å². The Kier molecular flexibility index (Phi) is 5.55. The van der Waals surface area contributed by atoms with Crippen LogP contribution in [0.5, 0.6) is 0 Å². The maximum atomic E-state index is 12.5.